The zero-order valence-electron chi connectivity index (χ0n) is 11.7. The average molecular weight is 270 g/mol. The predicted octanol–water partition coefficient (Wildman–Crippen LogP) is -0.478. The van der Waals surface area contributed by atoms with Crippen LogP contribution in [-0.2, 0) is 0 Å². The van der Waals surface area contributed by atoms with Gasteiger partial charge in [0.1, 0.15) is 0 Å². The Balaban J connectivity index is 2.57. The van der Waals surface area contributed by atoms with Gasteiger partial charge in [-0.1, -0.05) is 19.3 Å². The van der Waals surface area contributed by atoms with Crippen LogP contribution in [0.25, 0.3) is 0 Å². The Morgan fingerprint density at radius 1 is 1.21 bits per heavy atom. The maximum Gasteiger partial charge on any atom is 0.379 e. The molecule has 1 rings (SSSR count). The Morgan fingerprint density at radius 3 is 2.26 bits per heavy atom. The molecule has 1 aliphatic rings. The largest absolute Gasteiger partial charge is 0.517 e. The molecule has 1 aliphatic carbocycles. The maximum absolute atomic E-state index is 11.8. The first-order chi connectivity index (χ1) is 8.91. The highest BCUT2D eigenvalue weighted by Crippen LogP contribution is 2.17. The summed E-state index contributed by atoms with van der Waals surface area (Å²) in [5.74, 6) is 0.160. The van der Waals surface area contributed by atoms with Crippen molar-refractivity contribution in [3.8, 4) is 0 Å². The minimum atomic E-state index is -1.37. The van der Waals surface area contributed by atoms with Crippen LogP contribution in [0.1, 0.15) is 32.1 Å². The fourth-order valence-corrected chi connectivity index (χ4v) is 2.15. The van der Waals surface area contributed by atoms with Crippen molar-refractivity contribution in [2.75, 3.05) is 21.1 Å². The lowest BCUT2D eigenvalue weighted by atomic mass is 9.96. The van der Waals surface area contributed by atoms with E-state index in [4.69, 9.17) is 0 Å². The molecule has 3 amide bonds. The summed E-state index contributed by atoms with van der Waals surface area (Å²) in [7, 11) is 4.62. The van der Waals surface area contributed by atoms with Gasteiger partial charge in [0, 0.05) is 6.04 Å². The molecule has 7 nitrogen and oxygen atoms in total. The molecule has 1 saturated carbocycles. The van der Waals surface area contributed by atoms with Gasteiger partial charge < -0.3 is 15.2 Å². The summed E-state index contributed by atoms with van der Waals surface area (Å²) >= 11 is 0. The number of hydrogen-bond donors (Lipinski definition) is 2. The molecular weight excluding hydrogens is 248 g/mol. The van der Waals surface area contributed by atoms with E-state index in [1.54, 1.807) is 14.1 Å². The first kappa shape index (κ1) is 15.3. The van der Waals surface area contributed by atoms with Gasteiger partial charge in [-0.3, -0.25) is 4.58 Å². The van der Waals surface area contributed by atoms with Crippen LogP contribution in [0.5, 0.6) is 0 Å². The maximum atomic E-state index is 11.8. The second-order valence-electron chi connectivity index (χ2n) is 4.98. The van der Waals surface area contributed by atoms with Crippen molar-refractivity contribution in [2.24, 2.45) is 0 Å². The van der Waals surface area contributed by atoms with Gasteiger partial charge in [0.25, 0.3) is 0 Å². The number of guanidine groups is 1. The Morgan fingerprint density at radius 2 is 1.79 bits per heavy atom. The normalized spacial score (nSPS) is 15.5. The van der Waals surface area contributed by atoms with E-state index in [0.717, 1.165) is 30.6 Å². The van der Waals surface area contributed by atoms with Crippen molar-refractivity contribution >= 4 is 18.1 Å². The molecule has 0 saturated heterocycles. The molecule has 0 bridgehead atoms. The van der Waals surface area contributed by atoms with Gasteiger partial charge in [-0.2, -0.15) is 5.32 Å². The van der Waals surface area contributed by atoms with Crippen LogP contribution in [0.3, 0.4) is 0 Å². The topological polar surface area (TPSA) is 87.5 Å². The number of rotatable bonds is 1. The number of urea groups is 1. The van der Waals surface area contributed by atoms with Gasteiger partial charge in [0.2, 0.25) is 6.09 Å². The van der Waals surface area contributed by atoms with Crippen molar-refractivity contribution < 1.29 is 19.3 Å². The van der Waals surface area contributed by atoms with Crippen molar-refractivity contribution in [1.29, 1.82) is 0 Å². The van der Waals surface area contributed by atoms with Gasteiger partial charge in [-0.15, -0.1) is 0 Å². The lowest BCUT2D eigenvalue weighted by Crippen LogP contribution is -2.56. The molecule has 0 aromatic heterocycles. The first-order valence-corrected chi connectivity index (χ1v) is 6.48. The number of carbonyl (C=O) groups is 2. The predicted molar refractivity (Wildman–Crippen MR) is 68.8 cm³/mol. The highest BCUT2D eigenvalue weighted by Gasteiger charge is 2.23. The summed E-state index contributed by atoms with van der Waals surface area (Å²) in [6, 6.07) is -0.214. The standard InChI is InChI=1S/C12H22N4O3/c1-15(2)11(16(3)12(18)19)14-10(17)13-9-7-5-4-6-8-9/h9H,4-8H2,1-3H3,(H2,13,17,18,19). The molecule has 108 valence electrons. The number of nitrogens with zero attached hydrogens (tertiary/aromatic N) is 2. The van der Waals surface area contributed by atoms with Crippen molar-refractivity contribution in [3.63, 3.8) is 0 Å². The third kappa shape index (κ3) is 4.76. The highest BCUT2D eigenvalue weighted by atomic mass is 16.4. The summed E-state index contributed by atoms with van der Waals surface area (Å²) in [5.41, 5.74) is 0. The van der Waals surface area contributed by atoms with E-state index >= 15 is 0 Å². The summed E-state index contributed by atoms with van der Waals surface area (Å²) < 4.78 is 1.51. The third-order valence-corrected chi connectivity index (χ3v) is 3.18. The van der Waals surface area contributed by atoms with Crippen molar-refractivity contribution in [3.05, 3.63) is 0 Å². The van der Waals surface area contributed by atoms with Crippen LogP contribution >= 0.6 is 0 Å². The highest BCUT2D eigenvalue weighted by molar-refractivity contribution is 5.99. The monoisotopic (exact) mass is 270 g/mol. The van der Waals surface area contributed by atoms with Gasteiger partial charge in [0.05, 0.1) is 21.1 Å². The third-order valence-electron chi connectivity index (χ3n) is 3.18. The molecule has 2 N–H and O–H groups in total. The van der Waals surface area contributed by atoms with Gasteiger partial charge in [0.15, 0.2) is 0 Å². The van der Waals surface area contributed by atoms with Crippen LogP contribution in [-0.4, -0.2) is 54.7 Å². The SMILES string of the molecule is CN(C(=O)[O-])C(NC(=O)NC1CCCCC1)=[N+](C)C. The van der Waals surface area contributed by atoms with E-state index in [-0.39, 0.29) is 18.0 Å². The summed E-state index contributed by atoms with van der Waals surface area (Å²) in [6.07, 6.45) is 4.02. The van der Waals surface area contributed by atoms with Gasteiger partial charge in [-0.25, -0.2) is 9.69 Å². The smallest absolute Gasteiger partial charge is 0.379 e. The number of hydrogen-bond acceptors (Lipinski definition) is 3. The Kier molecular flexibility index (Phi) is 5.59. The Bertz CT molecular complexity index is 371. The molecular formula is C12H22N4O3. The molecule has 7 heteroatoms. The Labute approximate surface area is 113 Å². The van der Waals surface area contributed by atoms with E-state index in [0.29, 0.717) is 0 Å². The summed E-state index contributed by atoms with van der Waals surface area (Å²) in [6.45, 7) is 0. The fraction of sp³-hybridized carbons (Fsp3) is 0.750. The summed E-state index contributed by atoms with van der Waals surface area (Å²) in [4.78, 5) is 23.5. The van der Waals surface area contributed by atoms with E-state index in [9.17, 15) is 14.7 Å². The number of amides is 3. The van der Waals surface area contributed by atoms with Crippen LogP contribution in [0.15, 0.2) is 0 Å². The van der Waals surface area contributed by atoms with Crippen LogP contribution in [0.4, 0.5) is 9.59 Å². The second-order valence-corrected chi connectivity index (χ2v) is 4.98. The molecule has 1 fully saturated rings. The van der Waals surface area contributed by atoms with E-state index in [2.05, 4.69) is 10.6 Å². The van der Waals surface area contributed by atoms with Crippen LogP contribution in [0, 0.1) is 0 Å². The molecule has 19 heavy (non-hydrogen) atoms. The van der Waals surface area contributed by atoms with Crippen LogP contribution in [0.2, 0.25) is 0 Å². The lowest BCUT2D eigenvalue weighted by Gasteiger charge is -2.23. The molecule has 0 aromatic rings. The van der Waals surface area contributed by atoms with Crippen LogP contribution < -0.4 is 15.7 Å². The lowest BCUT2D eigenvalue weighted by molar-refractivity contribution is -0.472. The number of carboxylic acid groups (broad SMARTS) is 1. The zero-order valence-corrected chi connectivity index (χ0v) is 11.7. The first-order valence-electron chi connectivity index (χ1n) is 6.48. The molecule has 0 unspecified atom stereocenters. The fourth-order valence-electron chi connectivity index (χ4n) is 2.15. The second kappa shape index (κ2) is 6.96. The number of nitrogens with one attached hydrogen (secondary N) is 2. The van der Waals surface area contributed by atoms with E-state index in [1.807, 2.05) is 0 Å². The zero-order chi connectivity index (χ0) is 14.4. The molecule has 0 radical (unpaired) electrons. The molecule has 0 atom stereocenters. The average Bonchev–Trinajstić information content (AvgIpc) is 2.36. The quantitative estimate of drug-likeness (QED) is 0.383. The van der Waals surface area contributed by atoms with Gasteiger partial charge >= 0.3 is 12.0 Å². The molecule has 0 aliphatic heterocycles. The minimum absolute atomic E-state index is 0.160. The van der Waals surface area contributed by atoms with Crippen molar-refractivity contribution in [2.45, 2.75) is 38.1 Å². The minimum Gasteiger partial charge on any atom is -0.517 e. The Hall–Kier alpha value is -1.79. The molecule has 0 heterocycles. The molecule has 0 spiro atoms. The van der Waals surface area contributed by atoms with Crippen molar-refractivity contribution in [1.82, 2.24) is 15.5 Å². The van der Waals surface area contributed by atoms with E-state index in [1.165, 1.54) is 18.0 Å². The molecule has 0 aromatic carbocycles. The number of carbonyl (C=O) groups excluding carboxylic acids is 2. The van der Waals surface area contributed by atoms with E-state index < -0.39 is 6.09 Å². The van der Waals surface area contributed by atoms with Gasteiger partial charge in [-0.05, 0) is 12.8 Å². The summed E-state index contributed by atoms with van der Waals surface area (Å²) in [5, 5.41) is 16.2.